The van der Waals surface area contributed by atoms with Crippen LogP contribution in [0.2, 0.25) is 5.02 Å². The van der Waals surface area contributed by atoms with Crippen LogP contribution in [0.3, 0.4) is 0 Å². The lowest BCUT2D eigenvalue weighted by molar-refractivity contribution is 0.0950. The number of hydrogen-bond acceptors (Lipinski definition) is 4. The lowest BCUT2D eigenvalue weighted by Gasteiger charge is -2.16. The summed E-state index contributed by atoms with van der Waals surface area (Å²) in [7, 11) is 0. The van der Waals surface area contributed by atoms with Crippen molar-refractivity contribution in [2.45, 2.75) is 26.3 Å². The van der Waals surface area contributed by atoms with E-state index in [2.05, 4.69) is 20.2 Å². The minimum Gasteiger partial charge on any atom is -0.346 e. The summed E-state index contributed by atoms with van der Waals surface area (Å²) in [6.45, 7) is 4.29. The van der Waals surface area contributed by atoms with E-state index in [-0.39, 0.29) is 5.91 Å². The number of aryl methyl sites for hydroxylation is 1. The molecule has 1 aromatic carbocycles. The molecule has 1 fully saturated rings. The van der Waals surface area contributed by atoms with E-state index in [0.717, 1.165) is 30.4 Å². The van der Waals surface area contributed by atoms with E-state index < -0.39 is 0 Å². The van der Waals surface area contributed by atoms with Gasteiger partial charge in [0.2, 0.25) is 5.95 Å². The van der Waals surface area contributed by atoms with Gasteiger partial charge >= 0.3 is 0 Å². The van der Waals surface area contributed by atoms with Crippen LogP contribution < -0.4 is 10.2 Å². The van der Waals surface area contributed by atoms with Gasteiger partial charge in [0.1, 0.15) is 0 Å². The number of anilines is 1. The van der Waals surface area contributed by atoms with Crippen molar-refractivity contribution >= 4 is 23.5 Å². The quantitative estimate of drug-likeness (QED) is 0.936. The lowest BCUT2D eigenvalue weighted by Crippen LogP contribution is -2.25. The van der Waals surface area contributed by atoms with Gasteiger partial charge in [-0.05, 0) is 38.0 Å². The highest BCUT2D eigenvalue weighted by Gasteiger charge is 2.16. The predicted octanol–water partition coefficient (Wildman–Crippen LogP) is 2.97. The van der Waals surface area contributed by atoms with Crippen LogP contribution in [-0.4, -0.2) is 29.0 Å². The molecule has 1 aromatic heterocycles. The van der Waals surface area contributed by atoms with Crippen LogP contribution in [0.5, 0.6) is 0 Å². The van der Waals surface area contributed by atoms with Crippen molar-refractivity contribution in [3.05, 3.63) is 52.3 Å². The zero-order valence-corrected chi connectivity index (χ0v) is 13.8. The van der Waals surface area contributed by atoms with Gasteiger partial charge < -0.3 is 10.2 Å². The van der Waals surface area contributed by atoms with E-state index in [1.807, 2.05) is 13.0 Å². The third-order valence-electron chi connectivity index (χ3n) is 3.83. The molecule has 0 spiro atoms. The van der Waals surface area contributed by atoms with Crippen LogP contribution in [-0.2, 0) is 6.54 Å². The summed E-state index contributed by atoms with van der Waals surface area (Å²) in [4.78, 5) is 23.5. The Bertz CT molecular complexity index is 713. The van der Waals surface area contributed by atoms with E-state index in [9.17, 15) is 4.79 Å². The number of hydrogen-bond donors (Lipinski definition) is 1. The number of nitrogens with one attached hydrogen (secondary N) is 1. The fourth-order valence-corrected chi connectivity index (χ4v) is 2.90. The molecule has 1 N–H and O–H groups in total. The smallest absolute Gasteiger partial charge is 0.253 e. The first-order valence-electron chi connectivity index (χ1n) is 7.76. The summed E-state index contributed by atoms with van der Waals surface area (Å²) in [5.41, 5.74) is 2.18. The first kappa shape index (κ1) is 15.7. The van der Waals surface area contributed by atoms with Crippen molar-refractivity contribution in [2.75, 3.05) is 18.0 Å². The zero-order chi connectivity index (χ0) is 16.2. The molecule has 0 saturated carbocycles. The Morgan fingerprint density at radius 3 is 2.74 bits per heavy atom. The highest BCUT2D eigenvalue weighted by Crippen LogP contribution is 2.17. The number of nitrogens with zero attached hydrogens (tertiary/aromatic N) is 3. The molecule has 6 heteroatoms. The van der Waals surface area contributed by atoms with E-state index in [0.29, 0.717) is 17.1 Å². The molecule has 3 rings (SSSR count). The van der Waals surface area contributed by atoms with E-state index in [1.54, 1.807) is 24.3 Å². The van der Waals surface area contributed by atoms with E-state index >= 15 is 0 Å². The maximum absolute atomic E-state index is 12.2. The number of halogens is 1. The van der Waals surface area contributed by atoms with Gasteiger partial charge in [0.25, 0.3) is 5.91 Å². The molecule has 0 aliphatic carbocycles. The summed E-state index contributed by atoms with van der Waals surface area (Å²) in [6.07, 6.45) is 2.35. The van der Waals surface area contributed by atoms with Crippen LogP contribution in [0.1, 0.15) is 34.6 Å². The second-order valence-corrected chi connectivity index (χ2v) is 6.06. The van der Waals surface area contributed by atoms with Crippen LogP contribution in [0.15, 0.2) is 30.3 Å². The fourth-order valence-electron chi connectivity index (χ4n) is 2.68. The third kappa shape index (κ3) is 3.79. The average Bonchev–Trinajstić information content (AvgIpc) is 3.07. The standard InChI is InChI=1S/C17H19ClN4O/c1-12-10-13(21-17(20-12)22-8-4-5-9-22)11-19-16(23)14-6-2-3-7-15(14)18/h2-3,6-7,10H,4-5,8-9,11H2,1H3,(H,19,23). The van der Waals surface area contributed by atoms with Gasteiger partial charge in [-0.1, -0.05) is 23.7 Å². The first-order chi connectivity index (χ1) is 11.1. The maximum atomic E-state index is 12.2. The molecule has 0 atom stereocenters. The molecule has 1 aliphatic rings. The van der Waals surface area contributed by atoms with Crippen molar-refractivity contribution in [2.24, 2.45) is 0 Å². The lowest BCUT2D eigenvalue weighted by atomic mass is 10.2. The summed E-state index contributed by atoms with van der Waals surface area (Å²) >= 11 is 6.04. The molecule has 2 heterocycles. The molecule has 0 bridgehead atoms. The SMILES string of the molecule is Cc1cc(CNC(=O)c2ccccc2Cl)nc(N2CCCC2)n1. The number of rotatable bonds is 4. The number of benzene rings is 1. The highest BCUT2D eigenvalue weighted by molar-refractivity contribution is 6.33. The number of carbonyl (C=O) groups excluding carboxylic acids is 1. The van der Waals surface area contributed by atoms with Gasteiger partial charge in [-0.15, -0.1) is 0 Å². The summed E-state index contributed by atoms with van der Waals surface area (Å²) in [5, 5.41) is 3.31. The van der Waals surface area contributed by atoms with E-state index in [4.69, 9.17) is 11.6 Å². The molecule has 1 amide bonds. The normalized spacial score (nSPS) is 14.1. The highest BCUT2D eigenvalue weighted by atomic mass is 35.5. The number of aromatic nitrogens is 2. The molecule has 0 radical (unpaired) electrons. The van der Waals surface area contributed by atoms with Crippen molar-refractivity contribution in [3.63, 3.8) is 0 Å². The van der Waals surface area contributed by atoms with Gasteiger partial charge in [-0.25, -0.2) is 9.97 Å². The molecule has 2 aromatic rings. The molecule has 5 nitrogen and oxygen atoms in total. The van der Waals surface area contributed by atoms with Gasteiger partial charge in [0.15, 0.2) is 0 Å². The second-order valence-electron chi connectivity index (χ2n) is 5.66. The topological polar surface area (TPSA) is 58.1 Å². The zero-order valence-electron chi connectivity index (χ0n) is 13.1. The van der Waals surface area contributed by atoms with Crippen LogP contribution in [0.4, 0.5) is 5.95 Å². The molecule has 120 valence electrons. The van der Waals surface area contributed by atoms with Gasteiger partial charge in [-0.2, -0.15) is 0 Å². The summed E-state index contributed by atoms with van der Waals surface area (Å²) in [6, 6.07) is 8.90. The van der Waals surface area contributed by atoms with Gasteiger partial charge in [-0.3, -0.25) is 4.79 Å². The van der Waals surface area contributed by atoms with E-state index in [1.165, 1.54) is 12.8 Å². The maximum Gasteiger partial charge on any atom is 0.253 e. The molecule has 1 saturated heterocycles. The minimum atomic E-state index is -0.199. The molecule has 23 heavy (non-hydrogen) atoms. The monoisotopic (exact) mass is 330 g/mol. The predicted molar refractivity (Wildman–Crippen MR) is 90.8 cm³/mol. The second kappa shape index (κ2) is 6.96. The Kier molecular flexibility index (Phi) is 4.76. The number of amides is 1. The Hall–Kier alpha value is -2.14. The fraction of sp³-hybridized carbons (Fsp3) is 0.353. The van der Waals surface area contributed by atoms with Crippen LogP contribution >= 0.6 is 11.6 Å². The third-order valence-corrected chi connectivity index (χ3v) is 4.16. The molecular weight excluding hydrogens is 312 g/mol. The largest absolute Gasteiger partial charge is 0.346 e. The Labute approximate surface area is 140 Å². The molecule has 0 unspecified atom stereocenters. The molecule has 1 aliphatic heterocycles. The van der Waals surface area contributed by atoms with Crippen molar-refractivity contribution in [1.29, 1.82) is 0 Å². The Morgan fingerprint density at radius 2 is 2.00 bits per heavy atom. The van der Waals surface area contributed by atoms with Crippen LogP contribution in [0, 0.1) is 6.92 Å². The Morgan fingerprint density at radius 1 is 1.26 bits per heavy atom. The summed E-state index contributed by atoms with van der Waals surface area (Å²) in [5.74, 6) is 0.555. The number of carbonyl (C=O) groups is 1. The Balaban J connectivity index is 1.70. The summed E-state index contributed by atoms with van der Waals surface area (Å²) < 4.78 is 0. The minimum absolute atomic E-state index is 0.199. The van der Waals surface area contributed by atoms with Gasteiger partial charge in [0.05, 0.1) is 22.8 Å². The van der Waals surface area contributed by atoms with Crippen LogP contribution in [0.25, 0.3) is 0 Å². The van der Waals surface area contributed by atoms with Gasteiger partial charge in [0, 0.05) is 18.8 Å². The first-order valence-corrected chi connectivity index (χ1v) is 8.13. The van der Waals surface area contributed by atoms with Crippen molar-refractivity contribution in [1.82, 2.24) is 15.3 Å². The average molecular weight is 331 g/mol. The molecular formula is C17H19ClN4O. The van der Waals surface area contributed by atoms with Crippen molar-refractivity contribution < 1.29 is 4.79 Å². The van der Waals surface area contributed by atoms with Crippen molar-refractivity contribution in [3.8, 4) is 0 Å².